The summed E-state index contributed by atoms with van der Waals surface area (Å²) < 4.78 is 1.82. The lowest BCUT2D eigenvalue weighted by Crippen LogP contribution is -2.38. The van der Waals surface area contributed by atoms with Crippen LogP contribution in [0.4, 0.5) is 5.69 Å². The van der Waals surface area contributed by atoms with E-state index in [1.807, 2.05) is 48.0 Å². The van der Waals surface area contributed by atoms with Gasteiger partial charge < -0.3 is 0 Å². The number of ketones is 1. The van der Waals surface area contributed by atoms with Crippen molar-refractivity contribution in [2.75, 3.05) is 0 Å². The number of fused-ring (bicyclic) bond motifs is 1. The summed E-state index contributed by atoms with van der Waals surface area (Å²) in [6.07, 6.45) is 1.84. The standard InChI is InChI=1S/C18H15N2O3/c1-13-10-11-19(16-8-4-2-6-14(13)16)12-18(21)15-7-3-5-9-17(15)20(22)23/h2-11H,12H2,1H3/q+1. The highest BCUT2D eigenvalue weighted by Gasteiger charge is 2.23. The SMILES string of the molecule is Cc1cc[n+](CC(=O)c2ccccc2[N+](=O)[O-])c2ccccc12. The molecule has 3 rings (SSSR count). The van der Waals surface area contributed by atoms with Gasteiger partial charge in [0.05, 0.1) is 4.92 Å². The largest absolute Gasteiger partial charge is 0.287 e. The molecule has 0 fully saturated rings. The van der Waals surface area contributed by atoms with Crippen LogP contribution < -0.4 is 4.57 Å². The number of aryl methyl sites for hydroxylation is 1. The summed E-state index contributed by atoms with van der Waals surface area (Å²) in [4.78, 5) is 23.1. The number of nitrogens with zero attached hydrogens (tertiary/aromatic N) is 2. The number of aromatic nitrogens is 1. The van der Waals surface area contributed by atoms with Crippen LogP contribution in [0.5, 0.6) is 0 Å². The van der Waals surface area contributed by atoms with Crippen LogP contribution >= 0.6 is 0 Å². The molecule has 0 unspecified atom stereocenters. The third-order valence-electron chi connectivity index (χ3n) is 3.86. The molecule has 0 saturated carbocycles. The summed E-state index contributed by atoms with van der Waals surface area (Å²) >= 11 is 0. The monoisotopic (exact) mass is 307 g/mol. The first-order chi connectivity index (χ1) is 11.1. The fourth-order valence-electron chi connectivity index (χ4n) is 2.68. The first-order valence-electron chi connectivity index (χ1n) is 7.22. The van der Waals surface area contributed by atoms with E-state index in [-0.39, 0.29) is 23.6 Å². The number of nitro benzene ring substituents is 1. The number of rotatable bonds is 4. The zero-order valence-electron chi connectivity index (χ0n) is 12.6. The highest BCUT2D eigenvalue weighted by Crippen LogP contribution is 2.19. The molecule has 0 aliphatic rings. The van der Waals surface area contributed by atoms with E-state index >= 15 is 0 Å². The minimum Gasteiger partial charge on any atom is -0.287 e. The number of carbonyl (C=O) groups is 1. The maximum atomic E-state index is 12.5. The van der Waals surface area contributed by atoms with Gasteiger partial charge in [0.25, 0.3) is 5.69 Å². The minimum atomic E-state index is -0.523. The van der Waals surface area contributed by atoms with E-state index in [1.54, 1.807) is 12.1 Å². The van der Waals surface area contributed by atoms with Crippen molar-refractivity contribution in [3.05, 3.63) is 82.0 Å². The molecule has 1 aromatic heterocycles. The lowest BCUT2D eigenvalue weighted by atomic mass is 10.1. The molecule has 0 radical (unpaired) electrons. The Labute approximate surface area is 133 Å². The van der Waals surface area contributed by atoms with Crippen molar-refractivity contribution in [1.82, 2.24) is 0 Å². The topological polar surface area (TPSA) is 64.1 Å². The van der Waals surface area contributed by atoms with Crippen molar-refractivity contribution < 1.29 is 14.3 Å². The third kappa shape index (κ3) is 2.81. The summed E-state index contributed by atoms with van der Waals surface area (Å²) in [5.41, 5.74) is 2.03. The molecule has 2 aromatic carbocycles. The van der Waals surface area contributed by atoms with Gasteiger partial charge in [0, 0.05) is 23.6 Å². The molecule has 0 atom stereocenters. The molecule has 114 valence electrons. The molecule has 5 nitrogen and oxygen atoms in total. The number of pyridine rings is 1. The van der Waals surface area contributed by atoms with Gasteiger partial charge in [-0.2, -0.15) is 4.57 Å². The normalized spacial score (nSPS) is 10.7. The molecule has 0 aliphatic heterocycles. The van der Waals surface area contributed by atoms with E-state index in [1.165, 1.54) is 12.1 Å². The fourth-order valence-corrected chi connectivity index (χ4v) is 2.68. The molecule has 5 heteroatoms. The van der Waals surface area contributed by atoms with Crippen LogP contribution in [0.2, 0.25) is 0 Å². The van der Waals surface area contributed by atoms with Crippen LogP contribution in [-0.4, -0.2) is 10.7 Å². The summed E-state index contributed by atoms with van der Waals surface area (Å²) in [6, 6.07) is 15.8. The Morgan fingerprint density at radius 1 is 1.09 bits per heavy atom. The van der Waals surface area contributed by atoms with Crippen LogP contribution in [0.15, 0.2) is 60.8 Å². The minimum absolute atomic E-state index is 0.0612. The van der Waals surface area contributed by atoms with E-state index < -0.39 is 4.92 Å². The van der Waals surface area contributed by atoms with Crippen molar-refractivity contribution in [3.8, 4) is 0 Å². The van der Waals surface area contributed by atoms with E-state index in [0.29, 0.717) is 0 Å². The molecule has 23 heavy (non-hydrogen) atoms. The van der Waals surface area contributed by atoms with Crippen LogP contribution in [0.25, 0.3) is 10.9 Å². The highest BCUT2D eigenvalue weighted by atomic mass is 16.6. The Bertz CT molecular complexity index is 919. The lowest BCUT2D eigenvalue weighted by Gasteiger charge is -2.04. The third-order valence-corrected chi connectivity index (χ3v) is 3.86. The number of hydrogen-bond acceptors (Lipinski definition) is 3. The molecule has 0 aliphatic carbocycles. The van der Waals surface area contributed by atoms with Gasteiger partial charge in [-0.3, -0.25) is 14.9 Å². The molecule has 0 spiro atoms. The summed E-state index contributed by atoms with van der Waals surface area (Å²) in [7, 11) is 0. The molecular formula is C18H15N2O3+. The van der Waals surface area contributed by atoms with Crippen LogP contribution in [-0.2, 0) is 6.54 Å². The van der Waals surface area contributed by atoms with E-state index in [2.05, 4.69) is 0 Å². The van der Waals surface area contributed by atoms with Crippen LogP contribution in [0.3, 0.4) is 0 Å². The number of para-hydroxylation sites is 2. The van der Waals surface area contributed by atoms with Gasteiger partial charge in [0.1, 0.15) is 5.56 Å². The molecule has 0 amide bonds. The zero-order valence-corrected chi connectivity index (χ0v) is 12.6. The van der Waals surface area contributed by atoms with E-state index in [9.17, 15) is 14.9 Å². The fraction of sp³-hybridized carbons (Fsp3) is 0.111. The maximum absolute atomic E-state index is 12.5. The summed E-state index contributed by atoms with van der Waals surface area (Å²) in [6.45, 7) is 2.07. The summed E-state index contributed by atoms with van der Waals surface area (Å²) in [5, 5.41) is 12.1. The van der Waals surface area contributed by atoms with Gasteiger partial charge in [-0.25, -0.2) is 0 Å². The Balaban J connectivity index is 2.02. The number of Topliss-reactive ketones (excluding diaryl/α,β-unsaturated/α-hetero) is 1. The second-order valence-electron chi connectivity index (χ2n) is 5.34. The average molecular weight is 307 g/mol. The van der Waals surface area contributed by atoms with Gasteiger partial charge in [0.15, 0.2) is 6.20 Å². The first-order valence-corrected chi connectivity index (χ1v) is 7.22. The van der Waals surface area contributed by atoms with Gasteiger partial charge >= 0.3 is 0 Å². The Kier molecular flexibility index (Phi) is 3.85. The quantitative estimate of drug-likeness (QED) is 0.322. The zero-order chi connectivity index (χ0) is 16.4. The summed E-state index contributed by atoms with van der Waals surface area (Å²) in [5.74, 6) is -0.281. The van der Waals surface area contributed by atoms with Crippen LogP contribution in [0, 0.1) is 17.0 Å². The van der Waals surface area contributed by atoms with Crippen molar-refractivity contribution in [3.63, 3.8) is 0 Å². The molecule has 1 heterocycles. The van der Waals surface area contributed by atoms with E-state index in [4.69, 9.17) is 0 Å². The van der Waals surface area contributed by atoms with Gasteiger partial charge in [-0.1, -0.05) is 24.3 Å². The Morgan fingerprint density at radius 3 is 2.57 bits per heavy atom. The van der Waals surface area contributed by atoms with Crippen molar-refractivity contribution >= 4 is 22.4 Å². The first kappa shape index (κ1) is 14.8. The average Bonchev–Trinajstić information content (AvgIpc) is 2.57. The van der Waals surface area contributed by atoms with Crippen molar-refractivity contribution in [2.24, 2.45) is 0 Å². The lowest BCUT2D eigenvalue weighted by molar-refractivity contribution is -0.657. The molecule has 0 bridgehead atoms. The number of benzene rings is 2. The Hall–Kier alpha value is -3.08. The predicted molar refractivity (Wildman–Crippen MR) is 86.3 cm³/mol. The predicted octanol–water partition coefficient (Wildman–Crippen LogP) is 3.23. The number of nitro groups is 1. The smallest absolute Gasteiger partial charge is 0.280 e. The van der Waals surface area contributed by atoms with Gasteiger partial charge in [0.2, 0.25) is 17.8 Å². The molecule has 3 aromatic rings. The Morgan fingerprint density at radius 2 is 1.78 bits per heavy atom. The van der Waals surface area contributed by atoms with Crippen molar-refractivity contribution in [1.29, 1.82) is 0 Å². The van der Waals surface area contributed by atoms with E-state index in [0.717, 1.165) is 16.5 Å². The molecular weight excluding hydrogens is 292 g/mol. The number of hydrogen-bond donors (Lipinski definition) is 0. The second-order valence-corrected chi connectivity index (χ2v) is 5.34. The maximum Gasteiger partial charge on any atom is 0.280 e. The molecule has 0 saturated heterocycles. The molecule has 0 N–H and O–H groups in total. The highest BCUT2D eigenvalue weighted by molar-refractivity contribution is 5.99. The van der Waals surface area contributed by atoms with Crippen LogP contribution in [0.1, 0.15) is 15.9 Å². The van der Waals surface area contributed by atoms with Gasteiger partial charge in [-0.05, 0) is 24.6 Å². The number of carbonyl (C=O) groups excluding carboxylic acids is 1. The van der Waals surface area contributed by atoms with Crippen molar-refractivity contribution in [2.45, 2.75) is 13.5 Å². The second kappa shape index (κ2) is 5.96. The van der Waals surface area contributed by atoms with Gasteiger partial charge in [-0.15, -0.1) is 0 Å².